The van der Waals surface area contributed by atoms with Crippen molar-refractivity contribution in [2.24, 2.45) is 0 Å². The smallest absolute Gasteiger partial charge is 0.382 e. The summed E-state index contributed by atoms with van der Waals surface area (Å²) in [4.78, 5) is -0.265. The van der Waals surface area contributed by atoms with Gasteiger partial charge in [-0.1, -0.05) is 6.07 Å². The number of aliphatic hydroxyl groups excluding tert-OH is 1. The summed E-state index contributed by atoms with van der Waals surface area (Å²) in [6.07, 6.45) is -7.69. The van der Waals surface area contributed by atoms with Crippen molar-refractivity contribution in [3.05, 3.63) is 29.3 Å². The number of hydrogen-bond acceptors (Lipinski definition) is 4. The first-order chi connectivity index (χ1) is 9.50. The van der Waals surface area contributed by atoms with E-state index < -0.39 is 28.8 Å². The first-order valence-electron chi connectivity index (χ1n) is 5.72. The number of hydrogen-bond donors (Lipinski definition) is 1. The third-order valence-electron chi connectivity index (χ3n) is 2.81. The van der Waals surface area contributed by atoms with Gasteiger partial charge in [0.1, 0.15) is 0 Å². The highest BCUT2D eigenvalue weighted by molar-refractivity contribution is 7.89. The molecule has 1 N–H and O–H groups in total. The maximum Gasteiger partial charge on any atom is 0.415 e. The van der Waals surface area contributed by atoms with Crippen molar-refractivity contribution >= 4 is 10.0 Å². The van der Waals surface area contributed by atoms with Crippen LogP contribution in [0.5, 0.6) is 0 Å². The molecule has 0 aliphatic carbocycles. The molecule has 0 saturated carbocycles. The number of benzene rings is 1. The van der Waals surface area contributed by atoms with E-state index in [1.807, 2.05) is 0 Å². The Kier molecular flexibility index (Phi) is 4.99. The van der Waals surface area contributed by atoms with Crippen LogP contribution in [0.15, 0.2) is 23.1 Å². The van der Waals surface area contributed by atoms with Crippen LogP contribution < -0.4 is 0 Å². The van der Waals surface area contributed by atoms with Crippen LogP contribution >= 0.6 is 0 Å². The van der Waals surface area contributed by atoms with Crippen LogP contribution in [0.2, 0.25) is 0 Å². The molecule has 1 aromatic carbocycles. The van der Waals surface area contributed by atoms with Crippen LogP contribution in [0.1, 0.15) is 11.1 Å². The third kappa shape index (κ3) is 3.93. The normalized spacial score (nSPS) is 14.0. The van der Waals surface area contributed by atoms with Crippen LogP contribution in [-0.2, 0) is 10.0 Å². The highest BCUT2D eigenvalue weighted by Crippen LogP contribution is 2.24. The Labute approximate surface area is 120 Å². The van der Waals surface area contributed by atoms with E-state index in [-0.39, 0.29) is 10.5 Å². The average Bonchev–Trinajstić information content (AvgIpc) is 2.37. The molecule has 0 heterocycles. The zero-order valence-corrected chi connectivity index (χ0v) is 12.0. The maximum absolute atomic E-state index is 12.3. The number of nitriles is 1. The SMILES string of the molecule is Cc1ccc(C#N)cc1S(=O)(=O)N(C)CC(O)C(F)(F)F. The van der Waals surface area contributed by atoms with Gasteiger partial charge in [-0.25, -0.2) is 8.42 Å². The van der Waals surface area contributed by atoms with E-state index in [1.165, 1.54) is 19.1 Å². The molecule has 0 amide bonds. The molecule has 0 aromatic heterocycles. The first kappa shape index (κ1) is 17.4. The highest BCUT2D eigenvalue weighted by Gasteiger charge is 2.40. The highest BCUT2D eigenvalue weighted by atomic mass is 32.2. The molecule has 0 aliphatic rings. The Morgan fingerprint density at radius 1 is 1.43 bits per heavy atom. The van der Waals surface area contributed by atoms with Crippen LogP contribution in [0, 0.1) is 18.3 Å². The molecule has 0 spiro atoms. The van der Waals surface area contributed by atoms with Gasteiger partial charge in [0.25, 0.3) is 0 Å². The largest absolute Gasteiger partial charge is 0.415 e. The molecule has 0 aliphatic heterocycles. The number of nitrogens with zero attached hydrogens (tertiary/aromatic N) is 2. The van der Waals surface area contributed by atoms with Gasteiger partial charge in [-0.3, -0.25) is 0 Å². The van der Waals surface area contributed by atoms with Gasteiger partial charge >= 0.3 is 6.18 Å². The van der Waals surface area contributed by atoms with Gasteiger partial charge in [0.15, 0.2) is 6.10 Å². The summed E-state index contributed by atoms with van der Waals surface area (Å²) in [5, 5.41) is 17.7. The number of aryl methyl sites for hydroxylation is 1. The monoisotopic (exact) mass is 322 g/mol. The van der Waals surface area contributed by atoms with Gasteiger partial charge in [0, 0.05) is 13.6 Å². The van der Waals surface area contributed by atoms with Crippen LogP contribution in [-0.4, -0.2) is 43.7 Å². The minimum atomic E-state index is -4.91. The summed E-state index contributed by atoms with van der Waals surface area (Å²) in [6.45, 7) is 0.337. The fourth-order valence-electron chi connectivity index (χ4n) is 1.56. The molecule has 1 rings (SSSR count). The van der Waals surface area contributed by atoms with Gasteiger partial charge in [-0.15, -0.1) is 0 Å². The van der Waals surface area contributed by atoms with E-state index in [1.54, 1.807) is 6.07 Å². The second kappa shape index (κ2) is 6.01. The van der Waals surface area contributed by atoms with Crippen molar-refractivity contribution in [1.29, 1.82) is 5.26 Å². The van der Waals surface area contributed by atoms with E-state index in [2.05, 4.69) is 0 Å². The molecule has 1 unspecified atom stereocenters. The number of likely N-dealkylation sites (N-methyl/N-ethyl adjacent to an activating group) is 1. The Balaban J connectivity index is 3.15. The van der Waals surface area contributed by atoms with Gasteiger partial charge < -0.3 is 5.11 Å². The van der Waals surface area contributed by atoms with Crippen molar-refractivity contribution in [1.82, 2.24) is 4.31 Å². The van der Waals surface area contributed by atoms with Crippen molar-refractivity contribution in [3.63, 3.8) is 0 Å². The number of sulfonamides is 1. The summed E-state index contributed by atoms with van der Waals surface area (Å²) in [6, 6.07) is 5.63. The first-order valence-corrected chi connectivity index (χ1v) is 7.16. The standard InChI is InChI=1S/C12H13F3N2O3S/c1-8-3-4-9(6-16)5-10(8)21(19,20)17(2)7-11(18)12(13,14)15/h3-5,11,18H,7H2,1-2H3. The zero-order chi connectivity index (χ0) is 16.4. The lowest BCUT2D eigenvalue weighted by Crippen LogP contribution is -2.41. The molecule has 1 atom stereocenters. The Morgan fingerprint density at radius 2 is 2.00 bits per heavy atom. The molecule has 0 bridgehead atoms. The summed E-state index contributed by atoms with van der Waals surface area (Å²) >= 11 is 0. The van der Waals surface area contributed by atoms with Gasteiger partial charge in [-0.2, -0.15) is 22.7 Å². The molecular formula is C12H13F3N2O3S. The Bertz CT molecular complexity index is 665. The minimum Gasteiger partial charge on any atom is -0.382 e. The van der Waals surface area contributed by atoms with Crippen LogP contribution in [0.25, 0.3) is 0 Å². The lowest BCUT2D eigenvalue weighted by molar-refractivity contribution is -0.204. The predicted molar refractivity (Wildman–Crippen MR) is 67.8 cm³/mol. The summed E-state index contributed by atoms with van der Waals surface area (Å²) < 4.78 is 61.7. The maximum atomic E-state index is 12.3. The predicted octanol–water partition coefficient (Wildman–Crippen LogP) is 1.41. The molecule has 116 valence electrons. The van der Waals surface area contributed by atoms with Crippen molar-refractivity contribution in [2.75, 3.05) is 13.6 Å². The van der Waals surface area contributed by atoms with E-state index in [4.69, 9.17) is 10.4 Å². The van der Waals surface area contributed by atoms with Gasteiger partial charge in [-0.05, 0) is 24.6 Å². The second-order valence-electron chi connectivity index (χ2n) is 4.44. The topological polar surface area (TPSA) is 81.4 Å². The fraction of sp³-hybridized carbons (Fsp3) is 0.417. The van der Waals surface area contributed by atoms with Crippen molar-refractivity contribution in [3.8, 4) is 6.07 Å². The molecule has 5 nitrogen and oxygen atoms in total. The Hall–Kier alpha value is -1.63. The second-order valence-corrected chi connectivity index (χ2v) is 6.45. The van der Waals surface area contributed by atoms with Crippen molar-refractivity contribution in [2.45, 2.75) is 24.1 Å². The number of halogens is 3. The van der Waals surface area contributed by atoms with Gasteiger partial charge in [0.2, 0.25) is 10.0 Å². The molecule has 0 saturated heterocycles. The van der Waals surface area contributed by atoms with Gasteiger partial charge in [0.05, 0.1) is 16.5 Å². The number of aliphatic hydroxyl groups is 1. The van der Waals surface area contributed by atoms with Crippen LogP contribution in [0.4, 0.5) is 13.2 Å². The molecule has 1 aromatic rings. The quantitative estimate of drug-likeness (QED) is 0.909. The molecule has 21 heavy (non-hydrogen) atoms. The Morgan fingerprint density at radius 3 is 2.48 bits per heavy atom. The van der Waals surface area contributed by atoms with E-state index in [0.717, 1.165) is 13.1 Å². The van der Waals surface area contributed by atoms with E-state index >= 15 is 0 Å². The number of rotatable bonds is 4. The third-order valence-corrected chi connectivity index (χ3v) is 4.78. The van der Waals surface area contributed by atoms with E-state index in [0.29, 0.717) is 9.87 Å². The minimum absolute atomic E-state index is 0.0731. The lowest BCUT2D eigenvalue weighted by atomic mass is 10.2. The molecular weight excluding hydrogens is 309 g/mol. The van der Waals surface area contributed by atoms with Crippen molar-refractivity contribution < 1.29 is 26.7 Å². The molecule has 9 heteroatoms. The fourth-order valence-corrected chi connectivity index (χ4v) is 2.98. The summed E-state index contributed by atoms with van der Waals surface area (Å²) in [7, 11) is -3.30. The lowest BCUT2D eigenvalue weighted by Gasteiger charge is -2.22. The average molecular weight is 322 g/mol. The van der Waals surface area contributed by atoms with E-state index in [9.17, 15) is 21.6 Å². The summed E-state index contributed by atoms with van der Waals surface area (Å²) in [5.74, 6) is 0. The summed E-state index contributed by atoms with van der Waals surface area (Å²) in [5.41, 5.74) is 0.367. The van der Waals surface area contributed by atoms with Crippen LogP contribution in [0.3, 0.4) is 0 Å². The molecule has 0 radical (unpaired) electrons. The number of alkyl halides is 3. The molecule has 0 fully saturated rings. The zero-order valence-electron chi connectivity index (χ0n) is 11.2.